The summed E-state index contributed by atoms with van der Waals surface area (Å²) < 4.78 is 5.30. The second kappa shape index (κ2) is 8.74. The van der Waals surface area contributed by atoms with Crippen molar-refractivity contribution in [3.8, 4) is 5.75 Å². The minimum Gasteiger partial charge on any atom is -0.497 e. The van der Waals surface area contributed by atoms with Gasteiger partial charge in [0.05, 0.1) is 24.2 Å². The predicted molar refractivity (Wildman–Crippen MR) is 117 cm³/mol. The van der Waals surface area contributed by atoms with Crippen molar-refractivity contribution in [3.05, 3.63) is 65.1 Å². The monoisotopic (exact) mass is 410 g/mol. The third-order valence-electron chi connectivity index (χ3n) is 4.36. The Labute approximate surface area is 176 Å². The maximum Gasteiger partial charge on any atom is 0.265 e. The van der Waals surface area contributed by atoms with Crippen molar-refractivity contribution in [2.75, 3.05) is 18.6 Å². The number of amides is 2. The molecule has 0 atom stereocenters. The molecule has 0 fully saturated rings. The maximum atomic E-state index is 13.2. The molecule has 0 bridgehead atoms. The Hall–Kier alpha value is -2.73. The number of thioether (sulfide) groups is 1. The van der Waals surface area contributed by atoms with Crippen LogP contribution in [0.25, 0.3) is 0 Å². The second-order valence-electron chi connectivity index (χ2n) is 8.10. The smallest absolute Gasteiger partial charge is 0.265 e. The van der Waals surface area contributed by atoms with E-state index in [9.17, 15) is 9.59 Å². The van der Waals surface area contributed by atoms with Crippen LogP contribution in [0.1, 0.15) is 26.3 Å². The summed E-state index contributed by atoms with van der Waals surface area (Å²) in [7, 11) is 1.62. The van der Waals surface area contributed by atoms with Gasteiger partial charge in [0.1, 0.15) is 5.75 Å². The van der Waals surface area contributed by atoms with Gasteiger partial charge in [0.15, 0.2) is 0 Å². The van der Waals surface area contributed by atoms with E-state index in [0.29, 0.717) is 18.0 Å². The van der Waals surface area contributed by atoms with E-state index in [1.54, 1.807) is 12.0 Å². The fourth-order valence-electron chi connectivity index (χ4n) is 2.89. The lowest BCUT2D eigenvalue weighted by Gasteiger charge is -2.30. The van der Waals surface area contributed by atoms with Gasteiger partial charge in [0.2, 0.25) is 5.91 Å². The first-order valence-corrected chi connectivity index (χ1v) is 10.3. The lowest BCUT2D eigenvalue weighted by Crippen LogP contribution is -2.35. The van der Waals surface area contributed by atoms with E-state index in [0.717, 1.165) is 21.9 Å². The molecule has 0 saturated carbocycles. The lowest BCUT2D eigenvalue weighted by atomic mass is 9.97. The van der Waals surface area contributed by atoms with Gasteiger partial charge < -0.3 is 15.0 Å². The van der Waals surface area contributed by atoms with E-state index >= 15 is 0 Å². The highest BCUT2D eigenvalue weighted by atomic mass is 32.2. The van der Waals surface area contributed by atoms with Crippen molar-refractivity contribution in [3.63, 3.8) is 0 Å². The van der Waals surface area contributed by atoms with Gasteiger partial charge in [-0.1, -0.05) is 56.8 Å². The molecule has 6 heteroatoms. The number of carbonyl (C=O) groups excluding carboxylic acids is 2. The highest BCUT2D eigenvalue weighted by molar-refractivity contribution is 8.04. The Morgan fingerprint density at radius 3 is 2.66 bits per heavy atom. The summed E-state index contributed by atoms with van der Waals surface area (Å²) >= 11 is 1.33. The van der Waals surface area contributed by atoms with Crippen LogP contribution >= 0.6 is 11.8 Å². The molecule has 29 heavy (non-hydrogen) atoms. The molecule has 152 valence electrons. The van der Waals surface area contributed by atoms with Gasteiger partial charge in [-0.3, -0.25) is 9.59 Å². The molecule has 0 spiro atoms. The van der Waals surface area contributed by atoms with Crippen molar-refractivity contribution < 1.29 is 14.3 Å². The van der Waals surface area contributed by atoms with Gasteiger partial charge in [-0.05, 0) is 35.2 Å². The molecule has 2 aromatic rings. The zero-order chi connectivity index (χ0) is 21.0. The molecule has 1 heterocycles. The topological polar surface area (TPSA) is 58.6 Å². The number of anilines is 1. The van der Waals surface area contributed by atoms with Crippen LogP contribution in [0.3, 0.4) is 0 Å². The summed E-state index contributed by atoms with van der Waals surface area (Å²) in [6.45, 7) is 7.08. The third-order valence-corrected chi connectivity index (χ3v) is 5.44. The SMILES string of the molecule is COc1cccc(CN2C(=O)/C(=C\C(=O)NCC(C)(C)C)Sc3ccccc32)c1. The van der Waals surface area contributed by atoms with E-state index in [1.165, 1.54) is 17.8 Å². The number of nitrogens with zero attached hydrogens (tertiary/aromatic N) is 1. The van der Waals surface area contributed by atoms with E-state index in [1.807, 2.05) is 69.3 Å². The molecular weight excluding hydrogens is 384 g/mol. The van der Waals surface area contributed by atoms with Gasteiger partial charge >= 0.3 is 0 Å². The minimum atomic E-state index is -0.253. The molecule has 1 aliphatic heterocycles. The van der Waals surface area contributed by atoms with Gasteiger partial charge in [-0.25, -0.2) is 0 Å². The molecule has 2 amide bonds. The van der Waals surface area contributed by atoms with Crippen molar-refractivity contribution >= 4 is 29.3 Å². The van der Waals surface area contributed by atoms with Gasteiger partial charge in [0.25, 0.3) is 5.91 Å². The number of methoxy groups -OCH3 is 1. The molecule has 0 aromatic heterocycles. The van der Waals surface area contributed by atoms with E-state index in [4.69, 9.17) is 4.74 Å². The number of benzene rings is 2. The molecule has 1 N–H and O–H groups in total. The van der Waals surface area contributed by atoms with Crippen LogP contribution < -0.4 is 15.0 Å². The van der Waals surface area contributed by atoms with Crippen LogP contribution in [0.5, 0.6) is 5.75 Å². The number of fused-ring (bicyclic) bond motifs is 1. The summed E-state index contributed by atoms with van der Waals surface area (Å²) in [6, 6.07) is 15.4. The van der Waals surface area contributed by atoms with E-state index in [2.05, 4.69) is 5.32 Å². The number of rotatable bonds is 5. The molecule has 2 aromatic carbocycles. The zero-order valence-corrected chi connectivity index (χ0v) is 18.0. The first-order chi connectivity index (χ1) is 13.8. The van der Waals surface area contributed by atoms with Crippen molar-refractivity contribution in [1.82, 2.24) is 5.32 Å². The fourth-order valence-corrected chi connectivity index (χ4v) is 3.92. The fraction of sp³-hybridized carbons (Fsp3) is 0.304. The number of carbonyl (C=O) groups is 2. The maximum absolute atomic E-state index is 13.2. The van der Waals surface area contributed by atoms with Crippen LogP contribution in [0.4, 0.5) is 5.69 Å². The average Bonchev–Trinajstić information content (AvgIpc) is 2.69. The molecule has 1 aliphatic rings. The van der Waals surface area contributed by atoms with Gasteiger partial charge in [-0.2, -0.15) is 0 Å². The first-order valence-electron chi connectivity index (χ1n) is 9.48. The summed E-state index contributed by atoms with van der Waals surface area (Å²) in [5.41, 5.74) is 1.77. The van der Waals surface area contributed by atoms with Crippen molar-refractivity contribution in [1.29, 1.82) is 0 Å². The van der Waals surface area contributed by atoms with Crippen molar-refractivity contribution in [2.24, 2.45) is 5.41 Å². The van der Waals surface area contributed by atoms with Crippen LogP contribution in [0.15, 0.2) is 64.4 Å². The summed E-state index contributed by atoms with van der Waals surface area (Å²) in [5.74, 6) is 0.311. The molecule has 0 saturated heterocycles. The Balaban J connectivity index is 1.88. The summed E-state index contributed by atoms with van der Waals surface area (Å²) in [5, 5.41) is 2.88. The molecule has 0 radical (unpaired) electrons. The zero-order valence-electron chi connectivity index (χ0n) is 17.2. The Bertz CT molecular complexity index is 947. The average molecular weight is 411 g/mol. The number of para-hydroxylation sites is 1. The Kier molecular flexibility index (Phi) is 6.33. The van der Waals surface area contributed by atoms with Gasteiger partial charge in [-0.15, -0.1) is 0 Å². The highest BCUT2D eigenvalue weighted by Gasteiger charge is 2.29. The van der Waals surface area contributed by atoms with Crippen LogP contribution in [0, 0.1) is 5.41 Å². The number of hydrogen-bond acceptors (Lipinski definition) is 4. The Morgan fingerprint density at radius 2 is 1.93 bits per heavy atom. The number of nitrogens with one attached hydrogen (secondary N) is 1. The van der Waals surface area contributed by atoms with Crippen LogP contribution in [-0.2, 0) is 16.1 Å². The lowest BCUT2D eigenvalue weighted by molar-refractivity contribution is -0.118. The molecule has 0 unspecified atom stereocenters. The highest BCUT2D eigenvalue weighted by Crippen LogP contribution is 2.41. The van der Waals surface area contributed by atoms with Gasteiger partial charge in [0, 0.05) is 17.5 Å². The van der Waals surface area contributed by atoms with E-state index < -0.39 is 0 Å². The summed E-state index contributed by atoms with van der Waals surface area (Å²) in [6.07, 6.45) is 1.41. The third kappa shape index (κ3) is 5.41. The standard InChI is InChI=1S/C23H26N2O3S/c1-23(2,3)15-24-21(26)13-20-22(27)25(18-10-5-6-11-19(18)29-20)14-16-8-7-9-17(12-16)28-4/h5-13H,14-15H2,1-4H3,(H,24,26)/b20-13+. The van der Waals surface area contributed by atoms with Crippen molar-refractivity contribution in [2.45, 2.75) is 32.2 Å². The molecule has 3 rings (SSSR count). The summed E-state index contributed by atoms with van der Waals surface area (Å²) in [4.78, 5) is 28.7. The second-order valence-corrected chi connectivity index (χ2v) is 9.18. The first kappa shape index (κ1) is 21.0. The molecule has 5 nitrogen and oxygen atoms in total. The normalized spacial score (nSPS) is 15.2. The largest absolute Gasteiger partial charge is 0.497 e. The predicted octanol–water partition coefficient (Wildman–Crippen LogP) is 4.38. The Morgan fingerprint density at radius 1 is 1.17 bits per heavy atom. The minimum absolute atomic E-state index is 0.0249. The van der Waals surface area contributed by atoms with E-state index in [-0.39, 0.29) is 17.2 Å². The molecule has 0 aliphatic carbocycles. The number of hydrogen-bond donors (Lipinski definition) is 1. The van der Waals surface area contributed by atoms with Crippen LogP contribution in [0.2, 0.25) is 0 Å². The van der Waals surface area contributed by atoms with Crippen LogP contribution in [-0.4, -0.2) is 25.5 Å². The number of ether oxygens (including phenoxy) is 1. The quantitative estimate of drug-likeness (QED) is 0.743. The molecular formula is C23H26N2O3S.